The predicted molar refractivity (Wildman–Crippen MR) is 101 cm³/mol. The number of pyridine rings is 1. The second-order valence-electron chi connectivity index (χ2n) is 6.11. The zero-order chi connectivity index (χ0) is 17.5. The maximum atomic E-state index is 5.96. The molecule has 0 aliphatic carbocycles. The highest BCUT2D eigenvalue weighted by molar-refractivity contribution is 6.29. The zero-order valence-corrected chi connectivity index (χ0v) is 15.3. The number of benzene rings is 1. The molecule has 2 aromatic rings. The Morgan fingerprint density at radius 3 is 2.68 bits per heavy atom. The Morgan fingerprint density at radius 1 is 1.12 bits per heavy atom. The third kappa shape index (κ3) is 5.25. The van der Waals surface area contributed by atoms with Crippen molar-refractivity contribution in [2.45, 2.75) is 19.3 Å². The molecule has 0 bridgehead atoms. The van der Waals surface area contributed by atoms with Crippen LogP contribution in [0.2, 0.25) is 5.15 Å². The standard InChI is InChI=1S/C19H24ClN3O2/c1-24-17-6-5-15(22-16-7-8-21-19(20)14-16)13-18(17)25-12-4-11-23-9-2-3-10-23/h5-8,13-14H,2-4,9-12H2,1H3,(H,21,22). The molecule has 1 aliphatic rings. The van der Waals surface area contributed by atoms with Crippen molar-refractivity contribution in [3.63, 3.8) is 0 Å². The van der Waals surface area contributed by atoms with Gasteiger partial charge >= 0.3 is 0 Å². The van der Waals surface area contributed by atoms with Gasteiger partial charge in [0.1, 0.15) is 5.15 Å². The van der Waals surface area contributed by atoms with Crippen LogP contribution in [-0.2, 0) is 0 Å². The third-order valence-corrected chi connectivity index (χ3v) is 4.46. The molecule has 0 unspecified atom stereocenters. The van der Waals surface area contributed by atoms with E-state index < -0.39 is 0 Å². The number of methoxy groups -OCH3 is 1. The number of rotatable bonds is 8. The van der Waals surface area contributed by atoms with E-state index in [1.165, 1.54) is 25.9 Å². The van der Waals surface area contributed by atoms with Crippen molar-refractivity contribution in [1.29, 1.82) is 0 Å². The van der Waals surface area contributed by atoms with Crippen LogP contribution in [0, 0.1) is 0 Å². The van der Waals surface area contributed by atoms with E-state index in [-0.39, 0.29) is 0 Å². The van der Waals surface area contributed by atoms with E-state index in [9.17, 15) is 0 Å². The molecular formula is C19H24ClN3O2. The van der Waals surface area contributed by atoms with Crippen molar-refractivity contribution in [3.8, 4) is 11.5 Å². The van der Waals surface area contributed by atoms with Crippen molar-refractivity contribution in [1.82, 2.24) is 9.88 Å². The van der Waals surface area contributed by atoms with Crippen LogP contribution in [0.3, 0.4) is 0 Å². The lowest BCUT2D eigenvalue weighted by Gasteiger charge is -2.16. The quantitative estimate of drug-likeness (QED) is 0.559. The molecule has 25 heavy (non-hydrogen) atoms. The number of nitrogens with zero attached hydrogens (tertiary/aromatic N) is 2. The first-order valence-electron chi connectivity index (χ1n) is 8.66. The van der Waals surface area contributed by atoms with Crippen molar-refractivity contribution in [2.24, 2.45) is 0 Å². The van der Waals surface area contributed by atoms with Crippen LogP contribution in [0.5, 0.6) is 11.5 Å². The molecule has 1 N–H and O–H groups in total. The summed E-state index contributed by atoms with van der Waals surface area (Å²) in [7, 11) is 1.65. The van der Waals surface area contributed by atoms with Gasteiger partial charge in [0.15, 0.2) is 11.5 Å². The second kappa shape index (κ2) is 8.92. The first-order chi connectivity index (χ1) is 12.2. The Kier molecular flexibility index (Phi) is 6.36. The van der Waals surface area contributed by atoms with Crippen LogP contribution in [-0.4, -0.2) is 43.2 Å². The Balaban J connectivity index is 1.59. The van der Waals surface area contributed by atoms with Gasteiger partial charge in [0, 0.05) is 30.2 Å². The van der Waals surface area contributed by atoms with Crippen LogP contribution in [0.15, 0.2) is 36.5 Å². The highest BCUT2D eigenvalue weighted by Crippen LogP contribution is 2.31. The molecule has 2 heterocycles. The molecule has 1 aliphatic heterocycles. The van der Waals surface area contributed by atoms with E-state index in [0.29, 0.717) is 11.8 Å². The minimum Gasteiger partial charge on any atom is -0.493 e. The van der Waals surface area contributed by atoms with Gasteiger partial charge in [-0.15, -0.1) is 0 Å². The van der Waals surface area contributed by atoms with Crippen molar-refractivity contribution in [2.75, 3.05) is 38.7 Å². The highest BCUT2D eigenvalue weighted by atomic mass is 35.5. The number of nitrogens with one attached hydrogen (secondary N) is 1. The summed E-state index contributed by atoms with van der Waals surface area (Å²) in [5, 5.41) is 3.76. The topological polar surface area (TPSA) is 46.6 Å². The minimum atomic E-state index is 0.455. The van der Waals surface area contributed by atoms with E-state index >= 15 is 0 Å². The molecule has 1 aromatic carbocycles. The summed E-state index contributed by atoms with van der Waals surface area (Å²) in [6, 6.07) is 9.45. The summed E-state index contributed by atoms with van der Waals surface area (Å²) in [5.41, 5.74) is 1.79. The normalized spacial score (nSPS) is 14.5. The smallest absolute Gasteiger partial charge is 0.163 e. The molecule has 1 saturated heterocycles. The fourth-order valence-electron chi connectivity index (χ4n) is 2.99. The summed E-state index contributed by atoms with van der Waals surface area (Å²) in [5.74, 6) is 1.48. The number of ether oxygens (including phenoxy) is 2. The molecule has 0 saturated carbocycles. The third-order valence-electron chi connectivity index (χ3n) is 4.25. The molecule has 0 atom stereocenters. The molecule has 0 radical (unpaired) electrons. The van der Waals surface area contributed by atoms with Gasteiger partial charge < -0.3 is 19.7 Å². The van der Waals surface area contributed by atoms with Crippen molar-refractivity contribution >= 4 is 23.0 Å². The van der Waals surface area contributed by atoms with E-state index in [1.54, 1.807) is 19.4 Å². The lowest BCUT2D eigenvalue weighted by atomic mass is 10.2. The van der Waals surface area contributed by atoms with Crippen LogP contribution >= 0.6 is 11.6 Å². The Morgan fingerprint density at radius 2 is 1.92 bits per heavy atom. The van der Waals surface area contributed by atoms with Gasteiger partial charge in [-0.2, -0.15) is 0 Å². The van der Waals surface area contributed by atoms with Gasteiger partial charge in [-0.25, -0.2) is 4.98 Å². The fourth-order valence-corrected chi connectivity index (χ4v) is 3.16. The number of hydrogen-bond acceptors (Lipinski definition) is 5. The molecule has 1 aromatic heterocycles. The number of halogens is 1. The van der Waals surface area contributed by atoms with Crippen molar-refractivity contribution in [3.05, 3.63) is 41.7 Å². The Labute approximate surface area is 153 Å². The number of likely N-dealkylation sites (tertiary alicyclic amines) is 1. The summed E-state index contributed by atoms with van der Waals surface area (Å²) in [4.78, 5) is 6.48. The predicted octanol–water partition coefficient (Wildman–Crippen LogP) is 4.35. The molecule has 0 spiro atoms. The van der Waals surface area contributed by atoms with Crippen LogP contribution in [0.4, 0.5) is 11.4 Å². The average molecular weight is 362 g/mol. The molecule has 1 fully saturated rings. The van der Waals surface area contributed by atoms with E-state index in [1.807, 2.05) is 24.3 Å². The number of anilines is 2. The molecule has 0 amide bonds. The largest absolute Gasteiger partial charge is 0.493 e. The Hall–Kier alpha value is -1.98. The fraction of sp³-hybridized carbons (Fsp3) is 0.421. The van der Waals surface area contributed by atoms with Gasteiger partial charge in [0.25, 0.3) is 0 Å². The number of aromatic nitrogens is 1. The van der Waals surface area contributed by atoms with Crippen molar-refractivity contribution < 1.29 is 9.47 Å². The summed E-state index contributed by atoms with van der Waals surface area (Å²) in [6.45, 7) is 4.21. The van der Waals surface area contributed by atoms with Gasteiger partial charge in [-0.3, -0.25) is 0 Å². The van der Waals surface area contributed by atoms with Crippen LogP contribution in [0.1, 0.15) is 19.3 Å². The zero-order valence-electron chi connectivity index (χ0n) is 14.5. The van der Waals surface area contributed by atoms with Crippen LogP contribution in [0.25, 0.3) is 0 Å². The van der Waals surface area contributed by atoms with E-state index in [4.69, 9.17) is 21.1 Å². The highest BCUT2D eigenvalue weighted by Gasteiger charge is 2.11. The van der Waals surface area contributed by atoms with Gasteiger partial charge in [-0.05, 0) is 56.6 Å². The SMILES string of the molecule is COc1ccc(Nc2ccnc(Cl)c2)cc1OCCCN1CCCC1. The van der Waals surface area contributed by atoms with E-state index in [2.05, 4.69) is 15.2 Å². The summed E-state index contributed by atoms with van der Waals surface area (Å²) >= 11 is 5.93. The van der Waals surface area contributed by atoms with Crippen LogP contribution < -0.4 is 14.8 Å². The second-order valence-corrected chi connectivity index (χ2v) is 6.50. The lowest BCUT2D eigenvalue weighted by Crippen LogP contribution is -2.21. The maximum absolute atomic E-state index is 5.96. The molecule has 6 heteroatoms. The average Bonchev–Trinajstić information content (AvgIpc) is 3.12. The first-order valence-corrected chi connectivity index (χ1v) is 9.04. The number of hydrogen-bond donors (Lipinski definition) is 1. The summed E-state index contributed by atoms with van der Waals surface area (Å²) in [6.07, 6.45) is 5.33. The van der Waals surface area contributed by atoms with Gasteiger partial charge in [-0.1, -0.05) is 11.6 Å². The van der Waals surface area contributed by atoms with Gasteiger partial charge in [0.05, 0.1) is 13.7 Å². The minimum absolute atomic E-state index is 0.455. The van der Waals surface area contributed by atoms with E-state index in [0.717, 1.165) is 35.8 Å². The maximum Gasteiger partial charge on any atom is 0.163 e. The summed E-state index contributed by atoms with van der Waals surface area (Å²) < 4.78 is 11.4. The molecule has 3 rings (SSSR count). The monoisotopic (exact) mass is 361 g/mol. The molecular weight excluding hydrogens is 338 g/mol. The first kappa shape index (κ1) is 17.8. The lowest BCUT2D eigenvalue weighted by molar-refractivity contribution is 0.254. The van der Waals surface area contributed by atoms with Gasteiger partial charge in [0.2, 0.25) is 0 Å². The molecule has 5 nitrogen and oxygen atoms in total. The Bertz CT molecular complexity index is 690. The molecule has 134 valence electrons.